The summed E-state index contributed by atoms with van der Waals surface area (Å²) in [5.74, 6) is 0. The average Bonchev–Trinajstić information content (AvgIpc) is 2.66. The molecule has 0 aliphatic carbocycles. The fourth-order valence-corrected chi connectivity index (χ4v) is 2.70. The fourth-order valence-electron chi connectivity index (χ4n) is 2.70. The van der Waals surface area contributed by atoms with E-state index in [0.29, 0.717) is 6.54 Å². The number of aliphatic hydroxyl groups excluding tert-OH is 1. The van der Waals surface area contributed by atoms with Crippen LogP contribution in [0.5, 0.6) is 0 Å². The van der Waals surface area contributed by atoms with Crippen LogP contribution < -0.4 is 4.90 Å². The third kappa shape index (κ3) is 2.50. The molecule has 0 fully saturated rings. The van der Waals surface area contributed by atoms with E-state index >= 15 is 0 Å². The molecule has 1 aliphatic heterocycles. The lowest BCUT2D eigenvalue weighted by Gasteiger charge is -2.17. The summed E-state index contributed by atoms with van der Waals surface area (Å²) in [7, 11) is 0. The first-order valence-electron chi connectivity index (χ1n) is 6.89. The Morgan fingerprint density at radius 3 is 2.84 bits per heavy atom. The first kappa shape index (κ1) is 14.0. The number of rotatable bonds is 5. The summed E-state index contributed by atoms with van der Waals surface area (Å²) in [6, 6.07) is 2.03. The van der Waals surface area contributed by atoms with Crippen molar-refractivity contribution >= 4 is 12.1 Å². The number of aryl methyl sites for hydroxylation is 1. The number of pyridine rings is 1. The molecule has 1 amide bonds. The van der Waals surface area contributed by atoms with Crippen LogP contribution in [0.25, 0.3) is 0 Å². The predicted octanol–water partition coefficient (Wildman–Crippen LogP) is 2.17. The van der Waals surface area contributed by atoms with E-state index in [1.165, 1.54) is 0 Å². The van der Waals surface area contributed by atoms with Crippen molar-refractivity contribution in [2.75, 3.05) is 11.4 Å². The highest BCUT2D eigenvalue weighted by atomic mass is 16.3. The molecule has 0 spiro atoms. The van der Waals surface area contributed by atoms with Crippen molar-refractivity contribution < 1.29 is 9.90 Å². The Kier molecular flexibility index (Phi) is 3.90. The van der Waals surface area contributed by atoms with Gasteiger partial charge in [-0.2, -0.15) is 0 Å². The third-order valence-corrected chi connectivity index (χ3v) is 3.76. The highest BCUT2D eigenvalue weighted by Crippen LogP contribution is 2.39. The topological polar surface area (TPSA) is 53.4 Å². The zero-order valence-electron chi connectivity index (χ0n) is 11.9. The number of unbranched alkanes of at least 4 members (excludes halogenated alkanes) is 1. The molecule has 1 aromatic rings. The van der Waals surface area contributed by atoms with Gasteiger partial charge >= 0.3 is 0 Å². The molecule has 4 heteroatoms. The van der Waals surface area contributed by atoms with E-state index in [4.69, 9.17) is 0 Å². The SMILES string of the molecule is CCCCc1cc2c(nc1CO)C(C)(C)CN2C=O. The van der Waals surface area contributed by atoms with E-state index in [2.05, 4.69) is 25.8 Å². The van der Waals surface area contributed by atoms with E-state index in [1.54, 1.807) is 4.90 Å². The van der Waals surface area contributed by atoms with Gasteiger partial charge in [-0.05, 0) is 24.5 Å². The first-order chi connectivity index (χ1) is 9.03. The van der Waals surface area contributed by atoms with Crippen LogP contribution in [-0.2, 0) is 23.2 Å². The van der Waals surface area contributed by atoms with Gasteiger partial charge in [-0.3, -0.25) is 9.78 Å². The number of hydrogen-bond donors (Lipinski definition) is 1. The number of hydrogen-bond acceptors (Lipinski definition) is 3. The Balaban J connectivity index is 2.48. The molecule has 1 aliphatic rings. The minimum atomic E-state index is -0.149. The number of carbonyl (C=O) groups excluding carboxylic acids is 1. The molecule has 0 atom stereocenters. The van der Waals surface area contributed by atoms with Crippen LogP contribution in [-0.4, -0.2) is 23.0 Å². The second-order valence-corrected chi connectivity index (χ2v) is 5.84. The fraction of sp³-hybridized carbons (Fsp3) is 0.600. The van der Waals surface area contributed by atoms with Gasteiger partial charge in [-0.15, -0.1) is 0 Å². The Labute approximate surface area is 114 Å². The minimum Gasteiger partial charge on any atom is -0.390 e. The van der Waals surface area contributed by atoms with Gasteiger partial charge in [0.2, 0.25) is 6.41 Å². The molecule has 0 aromatic carbocycles. The summed E-state index contributed by atoms with van der Waals surface area (Å²) in [6.07, 6.45) is 3.94. The summed E-state index contributed by atoms with van der Waals surface area (Å²) in [6.45, 7) is 6.91. The summed E-state index contributed by atoms with van der Waals surface area (Å²) in [5, 5.41) is 9.50. The van der Waals surface area contributed by atoms with Gasteiger partial charge in [0.05, 0.1) is 23.7 Å². The lowest BCUT2D eigenvalue weighted by molar-refractivity contribution is -0.107. The first-order valence-corrected chi connectivity index (χ1v) is 6.89. The summed E-state index contributed by atoms with van der Waals surface area (Å²) < 4.78 is 0. The number of aliphatic hydroxyl groups is 1. The molecule has 0 unspecified atom stereocenters. The zero-order chi connectivity index (χ0) is 14.0. The average molecular weight is 262 g/mol. The van der Waals surface area contributed by atoms with Crippen LogP contribution in [0.2, 0.25) is 0 Å². The van der Waals surface area contributed by atoms with Crippen LogP contribution in [0.15, 0.2) is 6.07 Å². The van der Waals surface area contributed by atoms with Gasteiger partial charge in [0.25, 0.3) is 0 Å². The monoisotopic (exact) mass is 262 g/mol. The van der Waals surface area contributed by atoms with Crippen LogP contribution >= 0.6 is 0 Å². The van der Waals surface area contributed by atoms with Crippen molar-refractivity contribution in [1.82, 2.24) is 4.98 Å². The van der Waals surface area contributed by atoms with Crippen LogP contribution in [0, 0.1) is 0 Å². The van der Waals surface area contributed by atoms with Gasteiger partial charge in [-0.1, -0.05) is 27.2 Å². The number of anilines is 1. The highest BCUT2D eigenvalue weighted by Gasteiger charge is 2.37. The molecule has 2 heterocycles. The maximum absolute atomic E-state index is 11.2. The van der Waals surface area contributed by atoms with Gasteiger partial charge < -0.3 is 10.0 Å². The molecule has 0 saturated carbocycles. The number of nitrogens with zero attached hydrogens (tertiary/aromatic N) is 2. The van der Waals surface area contributed by atoms with Gasteiger partial charge in [0.1, 0.15) is 0 Å². The number of fused-ring (bicyclic) bond motifs is 1. The van der Waals surface area contributed by atoms with Crippen molar-refractivity contribution in [3.63, 3.8) is 0 Å². The Morgan fingerprint density at radius 2 is 2.26 bits per heavy atom. The third-order valence-electron chi connectivity index (χ3n) is 3.76. The van der Waals surface area contributed by atoms with Gasteiger partial charge in [-0.25, -0.2) is 0 Å². The van der Waals surface area contributed by atoms with Crippen molar-refractivity contribution in [3.05, 3.63) is 23.0 Å². The zero-order valence-corrected chi connectivity index (χ0v) is 11.9. The van der Waals surface area contributed by atoms with E-state index in [0.717, 1.165) is 48.3 Å². The minimum absolute atomic E-state index is 0.0382. The maximum atomic E-state index is 11.2. The largest absolute Gasteiger partial charge is 0.390 e. The van der Waals surface area contributed by atoms with Crippen molar-refractivity contribution in [3.8, 4) is 0 Å². The second-order valence-electron chi connectivity index (χ2n) is 5.84. The standard InChI is InChI=1S/C15H22N2O2/c1-4-5-6-11-7-13-14(16-12(11)8-18)15(2,3)9-17(13)10-19/h7,10,18H,4-6,8-9H2,1-3H3. The van der Waals surface area contributed by atoms with Crippen LogP contribution in [0.4, 0.5) is 5.69 Å². The number of carbonyl (C=O) groups is 1. The van der Waals surface area contributed by atoms with Crippen LogP contribution in [0.1, 0.15) is 50.6 Å². The Bertz CT molecular complexity index is 483. The van der Waals surface area contributed by atoms with E-state index < -0.39 is 0 Å². The smallest absolute Gasteiger partial charge is 0.214 e. The molecule has 104 valence electrons. The van der Waals surface area contributed by atoms with Gasteiger partial charge in [0, 0.05) is 12.0 Å². The molecule has 0 radical (unpaired) electrons. The quantitative estimate of drug-likeness (QED) is 0.827. The van der Waals surface area contributed by atoms with E-state index in [-0.39, 0.29) is 12.0 Å². The lowest BCUT2D eigenvalue weighted by Crippen LogP contribution is -2.27. The molecular formula is C15H22N2O2. The molecule has 0 bridgehead atoms. The summed E-state index contributed by atoms with van der Waals surface area (Å²) in [4.78, 5) is 17.5. The maximum Gasteiger partial charge on any atom is 0.214 e. The normalized spacial score (nSPS) is 16.5. The van der Waals surface area contributed by atoms with Crippen LogP contribution in [0.3, 0.4) is 0 Å². The number of aromatic nitrogens is 1. The second kappa shape index (κ2) is 5.29. The molecule has 19 heavy (non-hydrogen) atoms. The highest BCUT2D eigenvalue weighted by molar-refractivity contribution is 5.80. The summed E-state index contributed by atoms with van der Waals surface area (Å²) in [5.41, 5.74) is 3.50. The Morgan fingerprint density at radius 1 is 1.53 bits per heavy atom. The van der Waals surface area contributed by atoms with E-state index in [1.807, 2.05) is 6.07 Å². The molecular weight excluding hydrogens is 240 g/mol. The van der Waals surface area contributed by atoms with Crippen molar-refractivity contribution in [2.45, 2.75) is 52.1 Å². The molecule has 4 nitrogen and oxygen atoms in total. The van der Waals surface area contributed by atoms with Gasteiger partial charge in [0.15, 0.2) is 0 Å². The predicted molar refractivity (Wildman–Crippen MR) is 75.2 cm³/mol. The number of amides is 1. The lowest BCUT2D eigenvalue weighted by atomic mass is 9.90. The molecule has 1 aromatic heterocycles. The van der Waals surface area contributed by atoms with Crippen molar-refractivity contribution in [2.24, 2.45) is 0 Å². The molecule has 1 N–H and O–H groups in total. The summed E-state index contributed by atoms with van der Waals surface area (Å²) >= 11 is 0. The molecule has 2 rings (SSSR count). The molecule has 0 saturated heterocycles. The van der Waals surface area contributed by atoms with Crippen molar-refractivity contribution in [1.29, 1.82) is 0 Å². The van der Waals surface area contributed by atoms with E-state index in [9.17, 15) is 9.90 Å². The Hall–Kier alpha value is -1.42.